The average molecular weight is 311 g/mol. The number of non-ortho nitro benzene ring substituents is 1. The Morgan fingerprint density at radius 2 is 2.17 bits per heavy atom. The molecule has 1 aromatic heterocycles. The van der Waals surface area contributed by atoms with Crippen molar-refractivity contribution in [1.29, 1.82) is 0 Å². The number of nitrogens with zero attached hydrogens (tertiary/aromatic N) is 3. The van der Waals surface area contributed by atoms with E-state index >= 15 is 0 Å². The molecule has 1 atom stereocenters. The first-order valence-corrected chi connectivity index (χ1v) is 7.61. The highest BCUT2D eigenvalue weighted by Gasteiger charge is 2.26. The molecule has 3 rings (SSSR count). The van der Waals surface area contributed by atoms with E-state index in [1.807, 2.05) is 18.3 Å². The van der Waals surface area contributed by atoms with Crippen LogP contribution >= 0.6 is 0 Å². The molecule has 1 fully saturated rings. The van der Waals surface area contributed by atoms with Gasteiger partial charge in [0.2, 0.25) is 0 Å². The molecule has 0 N–H and O–H groups in total. The molecule has 0 bridgehead atoms. The molecule has 0 aliphatic carbocycles. The van der Waals surface area contributed by atoms with Crippen LogP contribution in [0.25, 0.3) is 0 Å². The third-order valence-electron chi connectivity index (χ3n) is 4.23. The second kappa shape index (κ2) is 6.56. The van der Waals surface area contributed by atoms with Gasteiger partial charge in [0.25, 0.3) is 5.69 Å². The Kier molecular flexibility index (Phi) is 4.32. The maximum Gasteiger partial charge on any atom is 0.270 e. The summed E-state index contributed by atoms with van der Waals surface area (Å²) in [7, 11) is 0. The number of pyridine rings is 1. The third kappa shape index (κ3) is 3.06. The summed E-state index contributed by atoms with van der Waals surface area (Å²) in [6, 6.07) is 8.54. The minimum atomic E-state index is -0.481. The molecule has 23 heavy (non-hydrogen) atoms. The van der Waals surface area contributed by atoms with Crippen LogP contribution in [0.15, 0.2) is 42.7 Å². The van der Waals surface area contributed by atoms with Gasteiger partial charge in [-0.2, -0.15) is 0 Å². The molecule has 6 nitrogen and oxygen atoms in total. The fourth-order valence-corrected chi connectivity index (χ4v) is 3.15. The predicted molar refractivity (Wildman–Crippen MR) is 86.7 cm³/mol. The van der Waals surface area contributed by atoms with Crippen LogP contribution in [0.4, 0.5) is 11.4 Å². The molecule has 1 aromatic carbocycles. The van der Waals surface area contributed by atoms with Crippen molar-refractivity contribution in [1.82, 2.24) is 4.98 Å². The first-order valence-electron chi connectivity index (χ1n) is 7.61. The summed E-state index contributed by atoms with van der Waals surface area (Å²) in [5.74, 6) is 0. The monoisotopic (exact) mass is 311 g/mol. The minimum Gasteiger partial charge on any atom is -0.364 e. The van der Waals surface area contributed by atoms with Gasteiger partial charge in [-0.1, -0.05) is 6.07 Å². The van der Waals surface area contributed by atoms with Crippen LogP contribution in [0, 0.1) is 10.1 Å². The second-order valence-corrected chi connectivity index (χ2v) is 5.61. The number of hydrogen-bond acceptors (Lipinski definition) is 5. The van der Waals surface area contributed by atoms with E-state index in [4.69, 9.17) is 0 Å². The van der Waals surface area contributed by atoms with E-state index in [0.29, 0.717) is 11.8 Å². The van der Waals surface area contributed by atoms with Crippen LogP contribution in [0.2, 0.25) is 0 Å². The lowest BCUT2D eigenvalue weighted by molar-refractivity contribution is -0.384. The second-order valence-electron chi connectivity index (χ2n) is 5.61. The van der Waals surface area contributed by atoms with Gasteiger partial charge in [0.15, 0.2) is 6.29 Å². The standard InChI is InChI=1S/C17H17N3O3/c21-12-14-10-15(20(22)23)6-7-17(14)19-9-2-1-5-16(19)13-4-3-8-18-11-13/h3-4,6-8,10-12,16H,1-2,5,9H2/t16-/m1/s1. The lowest BCUT2D eigenvalue weighted by Crippen LogP contribution is -2.34. The number of benzene rings is 1. The summed E-state index contributed by atoms with van der Waals surface area (Å²) in [6.45, 7) is 0.818. The summed E-state index contributed by atoms with van der Waals surface area (Å²) >= 11 is 0. The Hall–Kier alpha value is -2.76. The largest absolute Gasteiger partial charge is 0.364 e. The third-order valence-corrected chi connectivity index (χ3v) is 4.23. The van der Waals surface area contributed by atoms with Gasteiger partial charge in [0.05, 0.1) is 11.0 Å². The lowest BCUT2D eigenvalue weighted by atomic mass is 9.95. The first-order chi connectivity index (χ1) is 11.2. The van der Waals surface area contributed by atoms with Crippen molar-refractivity contribution < 1.29 is 9.72 Å². The Morgan fingerprint density at radius 1 is 1.30 bits per heavy atom. The maximum atomic E-state index is 11.4. The molecule has 1 saturated heterocycles. The van der Waals surface area contributed by atoms with E-state index in [1.165, 1.54) is 12.1 Å². The number of piperidine rings is 1. The van der Waals surface area contributed by atoms with Gasteiger partial charge in [-0.3, -0.25) is 19.9 Å². The van der Waals surface area contributed by atoms with E-state index in [2.05, 4.69) is 9.88 Å². The molecule has 2 heterocycles. The number of aldehydes is 1. The molecule has 0 radical (unpaired) electrons. The van der Waals surface area contributed by atoms with Crippen molar-refractivity contribution >= 4 is 17.7 Å². The van der Waals surface area contributed by atoms with Crippen LogP contribution in [-0.4, -0.2) is 22.7 Å². The van der Waals surface area contributed by atoms with E-state index < -0.39 is 4.92 Å². The van der Waals surface area contributed by atoms with Crippen LogP contribution in [0.5, 0.6) is 0 Å². The van der Waals surface area contributed by atoms with Crippen LogP contribution in [0.1, 0.15) is 41.2 Å². The van der Waals surface area contributed by atoms with Crippen molar-refractivity contribution in [2.75, 3.05) is 11.4 Å². The summed E-state index contributed by atoms with van der Waals surface area (Å²) < 4.78 is 0. The fourth-order valence-electron chi connectivity index (χ4n) is 3.15. The van der Waals surface area contributed by atoms with E-state index in [0.717, 1.165) is 37.1 Å². The molecule has 1 aliphatic heterocycles. The topological polar surface area (TPSA) is 76.3 Å². The van der Waals surface area contributed by atoms with E-state index in [-0.39, 0.29) is 11.7 Å². The van der Waals surface area contributed by atoms with Crippen LogP contribution in [0.3, 0.4) is 0 Å². The van der Waals surface area contributed by atoms with Gasteiger partial charge < -0.3 is 4.90 Å². The number of carbonyl (C=O) groups is 1. The molecule has 6 heteroatoms. The quantitative estimate of drug-likeness (QED) is 0.490. The van der Waals surface area contributed by atoms with Crippen molar-refractivity contribution in [3.8, 4) is 0 Å². The maximum absolute atomic E-state index is 11.4. The molecular formula is C17H17N3O3. The summed E-state index contributed by atoms with van der Waals surface area (Å²) in [5, 5.41) is 10.9. The molecule has 2 aromatic rings. The fraction of sp³-hybridized carbons (Fsp3) is 0.294. The Bertz CT molecular complexity index is 718. The summed E-state index contributed by atoms with van der Waals surface area (Å²) in [4.78, 5) is 28.2. The lowest BCUT2D eigenvalue weighted by Gasteiger charge is -2.38. The van der Waals surface area contributed by atoms with Crippen molar-refractivity contribution in [3.63, 3.8) is 0 Å². The SMILES string of the molecule is O=Cc1cc([N+](=O)[O-])ccc1N1CCCC[C@@H]1c1cccnc1. The zero-order valence-corrected chi connectivity index (χ0v) is 12.6. The zero-order chi connectivity index (χ0) is 16.2. The molecule has 0 spiro atoms. The number of anilines is 1. The summed E-state index contributed by atoms with van der Waals surface area (Å²) in [5.41, 5.74) is 2.14. The zero-order valence-electron chi connectivity index (χ0n) is 12.6. The van der Waals surface area contributed by atoms with Crippen molar-refractivity contribution in [2.24, 2.45) is 0 Å². The highest BCUT2D eigenvalue weighted by atomic mass is 16.6. The number of nitro groups is 1. The molecule has 118 valence electrons. The van der Waals surface area contributed by atoms with E-state index in [9.17, 15) is 14.9 Å². The van der Waals surface area contributed by atoms with Crippen molar-refractivity contribution in [3.05, 3.63) is 64.0 Å². The summed E-state index contributed by atoms with van der Waals surface area (Å²) in [6.07, 6.45) is 7.39. The molecule has 0 amide bonds. The molecule has 1 aliphatic rings. The van der Waals surface area contributed by atoms with Crippen molar-refractivity contribution in [2.45, 2.75) is 25.3 Å². The van der Waals surface area contributed by atoms with Crippen LogP contribution < -0.4 is 4.90 Å². The number of nitro benzene ring substituents is 1. The first kappa shape index (κ1) is 15.1. The number of carbonyl (C=O) groups excluding carboxylic acids is 1. The predicted octanol–water partition coefficient (Wildman–Crippen LogP) is 3.53. The van der Waals surface area contributed by atoms with Gasteiger partial charge in [-0.05, 0) is 37.0 Å². The molecule has 0 saturated carbocycles. The normalized spacial score (nSPS) is 17.7. The number of aromatic nitrogens is 1. The van der Waals surface area contributed by atoms with Crippen LogP contribution in [-0.2, 0) is 0 Å². The van der Waals surface area contributed by atoms with Gasteiger partial charge in [-0.15, -0.1) is 0 Å². The molecular weight excluding hydrogens is 294 g/mol. The Morgan fingerprint density at radius 3 is 2.87 bits per heavy atom. The smallest absolute Gasteiger partial charge is 0.270 e. The molecule has 0 unspecified atom stereocenters. The van der Waals surface area contributed by atoms with Gasteiger partial charge >= 0.3 is 0 Å². The van der Waals surface area contributed by atoms with Gasteiger partial charge in [0, 0.05) is 42.3 Å². The number of hydrogen-bond donors (Lipinski definition) is 0. The van der Waals surface area contributed by atoms with Gasteiger partial charge in [-0.25, -0.2) is 0 Å². The highest BCUT2D eigenvalue weighted by molar-refractivity contribution is 5.86. The number of rotatable bonds is 4. The Balaban J connectivity index is 2.01. The minimum absolute atomic E-state index is 0.0641. The highest BCUT2D eigenvalue weighted by Crippen LogP contribution is 2.37. The Labute approximate surface area is 133 Å². The average Bonchev–Trinajstić information content (AvgIpc) is 2.62. The van der Waals surface area contributed by atoms with Gasteiger partial charge in [0.1, 0.15) is 0 Å². The van der Waals surface area contributed by atoms with E-state index in [1.54, 1.807) is 12.3 Å².